The lowest BCUT2D eigenvalue weighted by atomic mass is 9.92. The number of nitrogens with one attached hydrogen (secondary N) is 1. The van der Waals surface area contributed by atoms with Crippen LogP contribution in [0.5, 0.6) is 0 Å². The summed E-state index contributed by atoms with van der Waals surface area (Å²) in [4.78, 5) is 13.9. The summed E-state index contributed by atoms with van der Waals surface area (Å²) in [6.07, 6.45) is 0. The quantitative estimate of drug-likeness (QED) is 0.289. The van der Waals surface area contributed by atoms with Crippen molar-refractivity contribution < 1.29 is 4.79 Å². The fourth-order valence-corrected chi connectivity index (χ4v) is 4.24. The largest absolute Gasteiger partial charge is 0.294 e. The van der Waals surface area contributed by atoms with Crippen LogP contribution in [0.1, 0.15) is 21.6 Å². The van der Waals surface area contributed by atoms with Gasteiger partial charge in [0.15, 0.2) is 5.78 Å². The Morgan fingerprint density at radius 3 is 1.70 bits per heavy atom. The number of rotatable bonds is 6. The second-order valence-electron chi connectivity index (χ2n) is 7.92. The topological polar surface area (TPSA) is 34.0 Å². The minimum Gasteiger partial charge on any atom is -0.294 e. The number of anilines is 1. The van der Waals surface area contributed by atoms with E-state index < -0.39 is 0 Å². The van der Waals surface area contributed by atoms with Crippen LogP contribution < -0.4 is 5.43 Å². The molecule has 0 bridgehead atoms. The number of hydrogen-bond acceptors (Lipinski definition) is 2. The predicted molar refractivity (Wildman–Crippen MR) is 135 cm³/mol. The van der Waals surface area contributed by atoms with Crippen molar-refractivity contribution in [2.75, 3.05) is 5.43 Å². The third-order valence-corrected chi connectivity index (χ3v) is 5.80. The Labute approximate surface area is 193 Å². The maximum absolute atomic E-state index is 13.9. The van der Waals surface area contributed by atoms with Gasteiger partial charge in [0.05, 0.1) is 16.9 Å². The standard InChI is InChI=1S/C30H24N2O/c1-22-27(30(33)25-18-10-4-11-19-25)28(23-14-6-2-7-15-23)29(24-16-8-3-9-17-24)32(22)31-26-20-12-5-13-21-26/h2-21,31H,1H3. The monoisotopic (exact) mass is 428 g/mol. The van der Waals surface area contributed by atoms with Crippen molar-refractivity contribution in [1.82, 2.24) is 4.68 Å². The molecule has 0 saturated carbocycles. The molecule has 5 aromatic rings. The fraction of sp³-hybridized carbons (Fsp3) is 0.0333. The van der Waals surface area contributed by atoms with E-state index in [-0.39, 0.29) is 5.78 Å². The molecule has 3 nitrogen and oxygen atoms in total. The van der Waals surface area contributed by atoms with Gasteiger partial charge in [-0.3, -0.25) is 14.9 Å². The molecule has 0 aliphatic carbocycles. The number of hydrogen-bond donors (Lipinski definition) is 1. The van der Waals surface area contributed by atoms with Crippen molar-refractivity contribution in [3.8, 4) is 22.4 Å². The first-order valence-corrected chi connectivity index (χ1v) is 11.0. The lowest BCUT2D eigenvalue weighted by Crippen LogP contribution is -2.13. The molecule has 3 heteroatoms. The Balaban J connectivity index is 1.83. The number of ketones is 1. The molecular formula is C30H24N2O. The molecular weight excluding hydrogens is 404 g/mol. The van der Waals surface area contributed by atoms with Crippen LogP contribution in [0.3, 0.4) is 0 Å². The summed E-state index contributed by atoms with van der Waals surface area (Å²) in [7, 11) is 0. The van der Waals surface area contributed by atoms with E-state index in [0.29, 0.717) is 11.1 Å². The fourth-order valence-electron chi connectivity index (χ4n) is 4.24. The molecule has 4 aromatic carbocycles. The molecule has 0 unspecified atom stereocenters. The maximum atomic E-state index is 13.9. The van der Waals surface area contributed by atoms with Gasteiger partial charge in [-0.25, -0.2) is 0 Å². The summed E-state index contributed by atoms with van der Waals surface area (Å²) in [5.41, 5.74) is 10.7. The lowest BCUT2D eigenvalue weighted by Gasteiger charge is -2.16. The van der Waals surface area contributed by atoms with Gasteiger partial charge in [0.1, 0.15) is 0 Å². The third kappa shape index (κ3) is 3.97. The smallest absolute Gasteiger partial charge is 0.195 e. The van der Waals surface area contributed by atoms with Crippen LogP contribution >= 0.6 is 0 Å². The molecule has 1 aromatic heterocycles. The Morgan fingerprint density at radius 2 is 1.12 bits per heavy atom. The van der Waals surface area contributed by atoms with Crippen molar-refractivity contribution in [3.05, 3.63) is 138 Å². The van der Waals surface area contributed by atoms with Gasteiger partial charge in [-0.15, -0.1) is 0 Å². The second-order valence-corrected chi connectivity index (χ2v) is 7.92. The van der Waals surface area contributed by atoms with Crippen molar-refractivity contribution in [2.45, 2.75) is 6.92 Å². The van der Waals surface area contributed by atoms with Gasteiger partial charge < -0.3 is 0 Å². The van der Waals surface area contributed by atoms with Crippen LogP contribution in [0.4, 0.5) is 5.69 Å². The van der Waals surface area contributed by atoms with E-state index in [4.69, 9.17) is 0 Å². The minimum absolute atomic E-state index is 0.0118. The molecule has 0 aliphatic rings. The predicted octanol–water partition coefficient (Wildman–Crippen LogP) is 7.24. The number of benzene rings is 4. The maximum Gasteiger partial charge on any atom is 0.195 e. The molecule has 0 saturated heterocycles. The second kappa shape index (κ2) is 9.01. The molecule has 0 aliphatic heterocycles. The number of carbonyl (C=O) groups is 1. The first-order chi connectivity index (χ1) is 16.2. The Hall–Kier alpha value is -4.37. The number of aromatic nitrogens is 1. The Kier molecular flexibility index (Phi) is 5.61. The molecule has 1 heterocycles. The summed E-state index contributed by atoms with van der Waals surface area (Å²) < 4.78 is 2.04. The van der Waals surface area contributed by atoms with E-state index in [9.17, 15) is 4.79 Å². The van der Waals surface area contributed by atoms with E-state index >= 15 is 0 Å². The normalized spacial score (nSPS) is 10.7. The summed E-state index contributed by atoms with van der Waals surface area (Å²) in [6, 6.07) is 39.9. The summed E-state index contributed by atoms with van der Waals surface area (Å²) in [5.74, 6) is 0.0118. The number of nitrogens with zero attached hydrogens (tertiary/aromatic N) is 1. The van der Waals surface area contributed by atoms with Crippen LogP contribution in [0, 0.1) is 6.92 Å². The third-order valence-electron chi connectivity index (χ3n) is 5.80. The SMILES string of the molecule is Cc1c(C(=O)c2ccccc2)c(-c2ccccc2)c(-c2ccccc2)n1Nc1ccccc1. The molecule has 160 valence electrons. The van der Waals surface area contributed by atoms with Gasteiger partial charge >= 0.3 is 0 Å². The van der Waals surface area contributed by atoms with Crippen LogP contribution in [-0.4, -0.2) is 10.5 Å². The Bertz CT molecular complexity index is 1370. The van der Waals surface area contributed by atoms with Gasteiger partial charge in [-0.1, -0.05) is 109 Å². The summed E-state index contributed by atoms with van der Waals surface area (Å²) in [5, 5.41) is 0. The zero-order chi connectivity index (χ0) is 22.6. The highest BCUT2D eigenvalue weighted by molar-refractivity contribution is 6.16. The molecule has 1 N–H and O–H groups in total. The van der Waals surface area contributed by atoms with E-state index in [2.05, 4.69) is 29.7 Å². The van der Waals surface area contributed by atoms with Crippen LogP contribution in [0.2, 0.25) is 0 Å². The van der Waals surface area contributed by atoms with Crippen molar-refractivity contribution in [3.63, 3.8) is 0 Å². The molecule has 5 rings (SSSR count). The van der Waals surface area contributed by atoms with Gasteiger partial charge in [-0.05, 0) is 24.6 Å². The van der Waals surface area contributed by atoms with E-state index in [1.807, 2.05) is 109 Å². The van der Waals surface area contributed by atoms with Crippen molar-refractivity contribution >= 4 is 11.5 Å². The Morgan fingerprint density at radius 1 is 0.636 bits per heavy atom. The van der Waals surface area contributed by atoms with Crippen LogP contribution in [0.25, 0.3) is 22.4 Å². The van der Waals surface area contributed by atoms with Gasteiger partial charge in [-0.2, -0.15) is 0 Å². The van der Waals surface area contributed by atoms with E-state index in [1.165, 1.54) is 0 Å². The highest BCUT2D eigenvalue weighted by Gasteiger charge is 2.28. The zero-order valence-electron chi connectivity index (χ0n) is 18.4. The van der Waals surface area contributed by atoms with Crippen LogP contribution in [0.15, 0.2) is 121 Å². The molecule has 33 heavy (non-hydrogen) atoms. The number of carbonyl (C=O) groups excluding carboxylic acids is 1. The molecule has 0 amide bonds. The zero-order valence-corrected chi connectivity index (χ0v) is 18.4. The lowest BCUT2D eigenvalue weighted by molar-refractivity contribution is 0.103. The van der Waals surface area contributed by atoms with Gasteiger partial charge in [0.2, 0.25) is 0 Å². The highest BCUT2D eigenvalue weighted by atomic mass is 16.1. The van der Waals surface area contributed by atoms with Gasteiger partial charge in [0.25, 0.3) is 0 Å². The first-order valence-electron chi connectivity index (χ1n) is 11.0. The average Bonchev–Trinajstić information content (AvgIpc) is 3.17. The number of para-hydroxylation sites is 1. The molecule has 0 spiro atoms. The van der Waals surface area contributed by atoms with Crippen molar-refractivity contribution in [2.24, 2.45) is 0 Å². The summed E-state index contributed by atoms with van der Waals surface area (Å²) >= 11 is 0. The van der Waals surface area contributed by atoms with Crippen molar-refractivity contribution in [1.29, 1.82) is 0 Å². The van der Waals surface area contributed by atoms with E-state index in [1.54, 1.807) is 0 Å². The first kappa shape index (κ1) is 20.5. The van der Waals surface area contributed by atoms with Crippen LogP contribution in [-0.2, 0) is 0 Å². The van der Waals surface area contributed by atoms with Gasteiger partial charge in [0, 0.05) is 22.4 Å². The van der Waals surface area contributed by atoms with E-state index in [0.717, 1.165) is 33.8 Å². The molecule has 0 radical (unpaired) electrons. The molecule has 0 fully saturated rings. The summed E-state index contributed by atoms with van der Waals surface area (Å²) in [6.45, 7) is 2.00. The molecule has 0 atom stereocenters. The minimum atomic E-state index is 0.0118. The average molecular weight is 429 g/mol. The highest BCUT2D eigenvalue weighted by Crippen LogP contribution is 2.40.